The molecule has 0 N–H and O–H groups in total. The fourth-order valence-electron chi connectivity index (χ4n) is 5.47. The summed E-state index contributed by atoms with van der Waals surface area (Å²) in [5.74, 6) is 0.627. The molecule has 1 saturated carbocycles. The molecule has 2 amide bonds. The molecule has 0 unspecified atom stereocenters. The van der Waals surface area contributed by atoms with Crippen molar-refractivity contribution >= 4 is 21.8 Å². The summed E-state index contributed by atoms with van der Waals surface area (Å²) >= 11 is 0. The molecule has 0 spiro atoms. The Morgan fingerprint density at radius 3 is 2.26 bits per heavy atom. The van der Waals surface area contributed by atoms with Gasteiger partial charge >= 0.3 is 0 Å². The number of hydrogen-bond acceptors (Lipinski definition) is 4. The Morgan fingerprint density at radius 2 is 1.63 bits per heavy atom. The third-order valence-corrected chi connectivity index (χ3v) is 9.19. The van der Waals surface area contributed by atoms with Crippen molar-refractivity contribution < 1.29 is 22.4 Å². The number of amides is 2. The highest BCUT2D eigenvalue weighted by Gasteiger charge is 2.37. The summed E-state index contributed by atoms with van der Waals surface area (Å²) < 4.78 is 38.3. The van der Waals surface area contributed by atoms with Crippen LogP contribution in [0.15, 0.2) is 54.6 Å². The molecule has 4 rings (SSSR count). The van der Waals surface area contributed by atoms with Crippen LogP contribution in [0.5, 0.6) is 0 Å². The third-order valence-electron chi connectivity index (χ3n) is 7.89. The Hall–Kier alpha value is -2.78. The number of unbranched alkanes of at least 4 members (excludes halogenated alkanes) is 2. The van der Waals surface area contributed by atoms with E-state index in [-0.39, 0.29) is 30.7 Å². The summed E-state index contributed by atoms with van der Waals surface area (Å²) in [4.78, 5) is 30.0. The van der Waals surface area contributed by atoms with E-state index in [0.717, 1.165) is 32.1 Å². The van der Waals surface area contributed by atoms with Crippen LogP contribution >= 0.6 is 0 Å². The molecule has 206 valence electrons. The van der Waals surface area contributed by atoms with Gasteiger partial charge in [0.15, 0.2) is 0 Å². The summed E-state index contributed by atoms with van der Waals surface area (Å²) in [5.41, 5.74) is 1.74. The van der Waals surface area contributed by atoms with Gasteiger partial charge in [-0.15, -0.1) is 0 Å². The maximum atomic E-state index is 13.6. The molecule has 9 heteroatoms. The number of sulfonamides is 1. The molecule has 2 aromatic carbocycles. The van der Waals surface area contributed by atoms with E-state index in [4.69, 9.17) is 0 Å². The van der Waals surface area contributed by atoms with Crippen molar-refractivity contribution in [3.8, 4) is 0 Å². The maximum Gasteiger partial charge on any atom is 0.254 e. The van der Waals surface area contributed by atoms with Crippen LogP contribution in [-0.2, 0) is 14.8 Å². The summed E-state index contributed by atoms with van der Waals surface area (Å²) in [6.07, 6.45) is 6.82. The van der Waals surface area contributed by atoms with Gasteiger partial charge in [0.1, 0.15) is 11.9 Å². The highest BCUT2D eigenvalue weighted by Crippen LogP contribution is 2.50. The van der Waals surface area contributed by atoms with E-state index >= 15 is 0 Å². The molecule has 2 fully saturated rings. The van der Waals surface area contributed by atoms with Gasteiger partial charge in [-0.2, -0.15) is 4.31 Å². The molecular weight excluding hydrogens is 505 g/mol. The highest BCUT2D eigenvalue weighted by atomic mass is 32.2. The number of halogens is 1. The van der Waals surface area contributed by atoms with Crippen molar-refractivity contribution in [1.82, 2.24) is 14.1 Å². The van der Waals surface area contributed by atoms with E-state index in [1.165, 1.54) is 28.3 Å². The van der Waals surface area contributed by atoms with Gasteiger partial charge in [0.2, 0.25) is 15.9 Å². The monoisotopic (exact) mass is 543 g/mol. The van der Waals surface area contributed by atoms with Crippen LogP contribution in [0.1, 0.15) is 60.4 Å². The van der Waals surface area contributed by atoms with E-state index in [1.807, 2.05) is 18.2 Å². The number of carbonyl (C=O) groups excluding carboxylic acids is 2. The first kappa shape index (κ1) is 28.2. The predicted octanol–water partition coefficient (Wildman–Crippen LogP) is 4.12. The Morgan fingerprint density at radius 1 is 0.974 bits per heavy atom. The van der Waals surface area contributed by atoms with Crippen LogP contribution in [0, 0.1) is 11.7 Å². The van der Waals surface area contributed by atoms with Gasteiger partial charge in [-0.05, 0) is 60.9 Å². The summed E-state index contributed by atoms with van der Waals surface area (Å²) in [6, 6.07) is 15.2. The fraction of sp³-hybridized carbons (Fsp3) is 0.517. The number of likely N-dealkylation sites (N-methyl/N-ethyl adjacent to an activating group) is 1. The van der Waals surface area contributed by atoms with Crippen LogP contribution in [0.2, 0.25) is 0 Å². The van der Waals surface area contributed by atoms with Crippen molar-refractivity contribution in [2.75, 3.05) is 39.5 Å². The second kappa shape index (κ2) is 12.4. The van der Waals surface area contributed by atoms with Gasteiger partial charge in [-0.3, -0.25) is 9.59 Å². The van der Waals surface area contributed by atoms with Crippen LogP contribution in [0.3, 0.4) is 0 Å². The molecular formula is C29H38FN3O4S. The fourth-order valence-corrected chi connectivity index (χ4v) is 6.29. The van der Waals surface area contributed by atoms with E-state index in [0.29, 0.717) is 36.9 Å². The molecule has 0 radical (unpaired) electrons. The van der Waals surface area contributed by atoms with Gasteiger partial charge in [0.05, 0.1) is 6.26 Å². The summed E-state index contributed by atoms with van der Waals surface area (Å²) in [6.45, 7) is 1.18. The smallest absolute Gasteiger partial charge is 0.254 e. The summed E-state index contributed by atoms with van der Waals surface area (Å²) in [5, 5.41) is 0. The van der Waals surface area contributed by atoms with Crippen molar-refractivity contribution in [1.29, 1.82) is 0 Å². The molecule has 3 atom stereocenters. The van der Waals surface area contributed by atoms with Crippen LogP contribution in [0.25, 0.3) is 0 Å². The standard InChI is InChI=1S/C29H38FN3O4S/c1-31(28(34)23-9-5-3-6-10-23)27(29(35)32-17-19-33(20-18-32)38(2,36)37)12-8-4-7-11-24-21-26(24)22-13-15-25(30)16-14-22/h3,5-6,9-10,13-16,24,26-27H,4,7-8,11-12,17-21H2,1-2H3/t24-,26+,27+/m1/s1. The van der Waals surface area contributed by atoms with E-state index in [2.05, 4.69) is 0 Å². The molecule has 1 saturated heterocycles. The molecule has 0 bridgehead atoms. The first-order chi connectivity index (χ1) is 18.1. The Labute approximate surface area is 225 Å². The molecule has 38 heavy (non-hydrogen) atoms. The minimum Gasteiger partial charge on any atom is -0.338 e. The van der Waals surface area contributed by atoms with Gasteiger partial charge in [0, 0.05) is 38.8 Å². The summed E-state index contributed by atoms with van der Waals surface area (Å²) in [7, 11) is -1.61. The van der Waals surface area contributed by atoms with Gasteiger partial charge in [0.25, 0.3) is 5.91 Å². The number of piperazine rings is 1. The van der Waals surface area contributed by atoms with E-state index < -0.39 is 16.1 Å². The first-order valence-electron chi connectivity index (χ1n) is 13.5. The third kappa shape index (κ3) is 7.20. The number of benzene rings is 2. The molecule has 1 heterocycles. The lowest BCUT2D eigenvalue weighted by Crippen LogP contribution is -2.56. The van der Waals surface area contributed by atoms with Crippen LogP contribution in [0.4, 0.5) is 4.39 Å². The molecule has 2 aliphatic rings. The maximum absolute atomic E-state index is 13.6. The second-order valence-electron chi connectivity index (χ2n) is 10.6. The van der Waals surface area contributed by atoms with Crippen LogP contribution < -0.4 is 0 Å². The number of rotatable bonds is 11. The Balaban J connectivity index is 1.31. The van der Waals surface area contributed by atoms with Gasteiger partial charge in [-0.1, -0.05) is 49.6 Å². The van der Waals surface area contributed by atoms with Gasteiger partial charge in [-0.25, -0.2) is 12.8 Å². The SMILES string of the molecule is CN(C(=O)c1ccccc1)[C@@H](CCCCC[C@@H]1C[C@H]1c1ccc(F)cc1)C(=O)N1CCN(S(C)(=O)=O)CC1. The first-order valence-corrected chi connectivity index (χ1v) is 15.3. The van der Waals surface area contributed by atoms with Crippen LogP contribution in [-0.4, -0.2) is 79.9 Å². The largest absolute Gasteiger partial charge is 0.338 e. The van der Waals surface area contributed by atoms with Gasteiger partial charge < -0.3 is 9.80 Å². The zero-order chi connectivity index (χ0) is 27.3. The van der Waals surface area contributed by atoms with E-state index in [9.17, 15) is 22.4 Å². The topological polar surface area (TPSA) is 78.0 Å². The zero-order valence-corrected chi connectivity index (χ0v) is 23.1. The quantitative estimate of drug-likeness (QED) is 0.400. The lowest BCUT2D eigenvalue weighted by atomic mass is 10.0. The molecule has 0 aromatic heterocycles. The van der Waals surface area contributed by atoms with Crippen molar-refractivity contribution in [2.24, 2.45) is 5.92 Å². The minimum absolute atomic E-state index is 0.122. The Kier molecular flexibility index (Phi) is 9.20. The average Bonchev–Trinajstić information content (AvgIpc) is 3.69. The average molecular weight is 544 g/mol. The zero-order valence-electron chi connectivity index (χ0n) is 22.3. The number of carbonyl (C=O) groups is 2. The molecule has 7 nitrogen and oxygen atoms in total. The molecule has 2 aromatic rings. The highest BCUT2D eigenvalue weighted by molar-refractivity contribution is 7.88. The number of hydrogen-bond donors (Lipinski definition) is 0. The second-order valence-corrected chi connectivity index (χ2v) is 12.6. The Bertz CT molecular complexity index is 1200. The lowest BCUT2D eigenvalue weighted by Gasteiger charge is -2.37. The minimum atomic E-state index is -3.29. The molecule has 1 aliphatic carbocycles. The van der Waals surface area contributed by atoms with Crippen molar-refractivity contribution in [3.63, 3.8) is 0 Å². The normalized spacial score (nSPS) is 20.7. The van der Waals surface area contributed by atoms with E-state index in [1.54, 1.807) is 41.1 Å². The number of nitrogens with zero attached hydrogens (tertiary/aromatic N) is 3. The van der Waals surface area contributed by atoms with Crippen molar-refractivity contribution in [3.05, 3.63) is 71.5 Å². The lowest BCUT2D eigenvalue weighted by molar-refractivity contribution is -0.137. The van der Waals surface area contributed by atoms with Crippen molar-refractivity contribution in [2.45, 2.75) is 50.5 Å². The molecule has 1 aliphatic heterocycles. The predicted molar refractivity (Wildman–Crippen MR) is 146 cm³/mol.